The molecule has 0 amide bonds. The fourth-order valence-electron chi connectivity index (χ4n) is 2.54. The number of hydrogen-bond acceptors (Lipinski definition) is 3. The Labute approximate surface area is 135 Å². The second kappa shape index (κ2) is 5.93. The van der Waals surface area contributed by atoms with Crippen LogP contribution < -0.4 is 5.32 Å². The average molecular weight is 308 g/mol. The number of anilines is 2. The Morgan fingerprint density at radius 3 is 2.36 bits per heavy atom. The van der Waals surface area contributed by atoms with E-state index in [-0.39, 0.29) is 0 Å². The largest absolute Gasteiger partial charge is 0.331 e. The van der Waals surface area contributed by atoms with Crippen LogP contribution in [0.25, 0.3) is 11.3 Å². The number of nitrogens with one attached hydrogen (secondary N) is 1. The number of thiazole rings is 1. The molecule has 0 radical (unpaired) electrons. The topological polar surface area (TPSA) is 24.9 Å². The monoisotopic (exact) mass is 308 g/mol. The molecule has 0 fully saturated rings. The van der Waals surface area contributed by atoms with Crippen molar-refractivity contribution in [3.63, 3.8) is 0 Å². The summed E-state index contributed by atoms with van der Waals surface area (Å²) in [4.78, 5) is 4.75. The molecule has 2 nitrogen and oxygen atoms in total. The van der Waals surface area contributed by atoms with Crippen molar-refractivity contribution in [1.82, 2.24) is 4.98 Å². The number of rotatable bonds is 3. The SMILES string of the molecule is Cc1ccc(Nc2nc(-c3cc(C)ccc3C)cs2)c(C)c1. The molecule has 3 rings (SSSR count). The van der Waals surface area contributed by atoms with Gasteiger partial charge in [0.25, 0.3) is 0 Å². The highest BCUT2D eigenvalue weighted by atomic mass is 32.1. The van der Waals surface area contributed by atoms with Crippen molar-refractivity contribution < 1.29 is 0 Å². The number of aryl methyl sites for hydroxylation is 4. The van der Waals surface area contributed by atoms with E-state index in [9.17, 15) is 0 Å². The zero-order valence-electron chi connectivity index (χ0n) is 13.4. The van der Waals surface area contributed by atoms with E-state index < -0.39 is 0 Å². The molecule has 0 aliphatic heterocycles. The molecule has 0 unspecified atom stereocenters. The molecule has 112 valence electrons. The van der Waals surface area contributed by atoms with Gasteiger partial charge in [-0.15, -0.1) is 11.3 Å². The zero-order valence-corrected chi connectivity index (χ0v) is 14.2. The Bertz CT molecular complexity index is 818. The van der Waals surface area contributed by atoms with E-state index in [1.807, 2.05) is 0 Å². The fourth-order valence-corrected chi connectivity index (χ4v) is 3.26. The summed E-state index contributed by atoms with van der Waals surface area (Å²) in [6.07, 6.45) is 0. The van der Waals surface area contributed by atoms with Crippen molar-refractivity contribution in [1.29, 1.82) is 0 Å². The van der Waals surface area contributed by atoms with Gasteiger partial charge in [0, 0.05) is 16.6 Å². The van der Waals surface area contributed by atoms with Crippen LogP contribution in [-0.2, 0) is 0 Å². The van der Waals surface area contributed by atoms with E-state index in [0.717, 1.165) is 16.5 Å². The molecular weight excluding hydrogens is 288 g/mol. The summed E-state index contributed by atoms with van der Waals surface area (Å²) < 4.78 is 0. The molecule has 1 N–H and O–H groups in total. The lowest BCUT2D eigenvalue weighted by Gasteiger charge is -2.07. The maximum absolute atomic E-state index is 4.75. The van der Waals surface area contributed by atoms with Crippen LogP contribution in [0.1, 0.15) is 22.3 Å². The van der Waals surface area contributed by atoms with Gasteiger partial charge in [-0.1, -0.05) is 35.4 Å². The van der Waals surface area contributed by atoms with Gasteiger partial charge in [0.05, 0.1) is 5.69 Å². The smallest absolute Gasteiger partial charge is 0.187 e. The molecule has 1 heterocycles. The van der Waals surface area contributed by atoms with E-state index in [4.69, 9.17) is 4.98 Å². The first-order valence-corrected chi connectivity index (χ1v) is 8.28. The third kappa shape index (κ3) is 3.04. The second-order valence-electron chi connectivity index (χ2n) is 5.80. The van der Waals surface area contributed by atoms with Crippen LogP contribution in [0, 0.1) is 27.7 Å². The fraction of sp³-hybridized carbons (Fsp3) is 0.211. The van der Waals surface area contributed by atoms with Crippen molar-refractivity contribution in [2.75, 3.05) is 5.32 Å². The molecule has 0 spiro atoms. The standard InChI is InChI=1S/C19H20N2S/c1-12-6-8-17(15(4)9-12)20-19-21-18(11-22-19)16-10-13(2)5-7-14(16)3/h5-11H,1-4H3,(H,20,21). The molecule has 0 aliphatic rings. The van der Waals surface area contributed by atoms with Gasteiger partial charge in [-0.25, -0.2) is 4.98 Å². The maximum atomic E-state index is 4.75. The average Bonchev–Trinajstić information content (AvgIpc) is 2.93. The summed E-state index contributed by atoms with van der Waals surface area (Å²) in [7, 11) is 0. The van der Waals surface area contributed by atoms with Crippen LogP contribution >= 0.6 is 11.3 Å². The minimum Gasteiger partial charge on any atom is -0.331 e. The minimum absolute atomic E-state index is 0.933. The molecule has 22 heavy (non-hydrogen) atoms. The number of nitrogens with zero attached hydrogens (tertiary/aromatic N) is 1. The van der Waals surface area contributed by atoms with Crippen molar-refractivity contribution in [2.24, 2.45) is 0 Å². The Balaban J connectivity index is 1.89. The first-order valence-electron chi connectivity index (χ1n) is 7.40. The molecular formula is C19H20N2S. The lowest BCUT2D eigenvalue weighted by atomic mass is 10.0. The molecule has 3 aromatic rings. The van der Waals surface area contributed by atoms with Gasteiger partial charge in [0.15, 0.2) is 5.13 Å². The number of benzene rings is 2. The molecule has 3 heteroatoms. The summed E-state index contributed by atoms with van der Waals surface area (Å²) in [6, 6.07) is 12.9. The first-order chi connectivity index (χ1) is 10.5. The highest BCUT2D eigenvalue weighted by Gasteiger charge is 2.08. The third-order valence-electron chi connectivity index (χ3n) is 3.80. The molecule has 0 atom stereocenters. The van der Waals surface area contributed by atoms with Gasteiger partial charge in [0.1, 0.15) is 0 Å². The highest BCUT2D eigenvalue weighted by Crippen LogP contribution is 2.30. The lowest BCUT2D eigenvalue weighted by molar-refractivity contribution is 1.32. The second-order valence-corrected chi connectivity index (χ2v) is 6.66. The summed E-state index contributed by atoms with van der Waals surface area (Å²) in [6.45, 7) is 8.48. The van der Waals surface area contributed by atoms with Crippen molar-refractivity contribution in [3.05, 3.63) is 64.0 Å². The van der Waals surface area contributed by atoms with Gasteiger partial charge in [-0.05, 0) is 51.0 Å². The minimum atomic E-state index is 0.933. The molecule has 0 saturated heterocycles. The van der Waals surface area contributed by atoms with Crippen molar-refractivity contribution in [3.8, 4) is 11.3 Å². The van der Waals surface area contributed by atoms with E-state index in [0.29, 0.717) is 0 Å². The maximum Gasteiger partial charge on any atom is 0.187 e. The Hall–Kier alpha value is -2.13. The van der Waals surface area contributed by atoms with Gasteiger partial charge >= 0.3 is 0 Å². The van der Waals surface area contributed by atoms with Crippen LogP contribution in [0.2, 0.25) is 0 Å². The Kier molecular flexibility index (Phi) is 3.99. The Morgan fingerprint density at radius 1 is 0.864 bits per heavy atom. The summed E-state index contributed by atoms with van der Waals surface area (Å²) in [5, 5.41) is 6.48. The molecule has 2 aromatic carbocycles. The summed E-state index contributed by atoms with van der Waals surface area (Å²) in [5.74, 6) is 0. The Morgan fingerprint density at radius 2 is 1.59 bits per heavy atom. The van der Waals surface area contributed by atoms with Gasteiger partial charge in [-0.3, -0.25) is 0 Å². The summed E-state index contributed by atoms with van der Waals surface area (Å²) >= 11 is 1.64. The van der Waals surface area contributed by atoms with E-state index in [1.54, 1.807) is 11.3 Å². The molecule has 0 bridgehead atoms. The highest BCUT2D eigenvalue weighted by molar-refractivity contribution is 7.14. The molecule has 0 saturated carbocycles. The molecule has 0 aliphatic carbocycles. The van der Waals surface area contributed by atoms with Crippen molar-refractivity contribution >= 4 is 22.2 Å². The van der Waals surface area contributed by atoms with Gasteiger partial charge < -0.3 is 5.32 Å². The van der Waals surface area contributed by atoms with E-state index >= 15 is 0 Å². The zero-order chi connectivity index (χ0) is 15.7. The quantitative estimate of drug-likeness (QED) is 0.662. The molecule has 1 aromatic heterocycles. The van der Waals surface area contributed by atoms with Crippen LogP contribution in [-0.4, -0.2) is 4.98 Å². The van der Waals surface area contributed by atoms with Crippen LogP contribution in [0.15, 0.2) is 41.8 Å². The van der Waals surface area contributed by atoms with Gasteiger partial charge in [0.2, 0.25) is 0 Å². The predicted molar refractivity (Wildman–Crippen MR) is 96.2 cm³/mol. The van der Waals surface area contributed by atoms with Crippen LogP contribution in [0.5, 0.6) is 0 Å². The predicted octanol–water partition coefficient (Wildman–Crippen LogP) is 5.79. The lowest BCUT2D eigenvalue weighted by Crippen LogP contribution is -1.93. The van der Waals surface area contributed by atoms with E-state index in [1.165, 1.54) is 27.8 Å². The van der Waals surface area contributed by atoms with E-state index in [2.05, 4.69) is 74.8 Å². The van der Waals surface area contributed by atoms with Gasteiger partial charge in [-0.2, -0.15) is 0 Å². The normalized spacial score (nSPS) is 10.7. The summed E-state index contributed by atoms with van der Waals surface area (Å²) in [5.41, 5.74) is 8.41. The van der Waals surface area contributed by atoms with Crippen LogP contribution in [0.4, 0.5) is 10.8 Å². The first kappa shape index (κ1) is 14.8. The number of hydrogen-bond donors (Lipinski definition) is 1. The van der Waals surface area contributed by atoms with Crippen molar-refractivity contribution in [2.45, 2.75) is 27.7 Å². The van der Waals surface area contributed by atoms with Crippen LogP contribution in [0.3, 0.4) is 0 Å². The third-order valence-corrected chi connectivity index (χ3v) is 4.55. The number of aromatic nitrogens is 1.